The fourth-order valence-corrected chi connectivity index (χ4v) is 1.82. The minimum absolute atomic E-state index is 0.150. The van der Waals surface area contributed by atoms with Gasteiger partial charge in [0, 0.05) is 12.6 Å². The van der Waals surface area contributed by atoms with Crippen molar-refractivity contribution in [2.24, 2.45) is 0 Å². The summed E-state index contributed by atoms with van der Waals surface area (Å²) < 4.78 is 14.6. The molecule has 158 valence electrons. The SMILES string of the molecule is CC(=O)Nc1ccc(OC(=O)C(C)OC(=O)C(C)OC(=O)C(C)O[N+](=O)[O-])cc1. The Morgan fingerprint density at radius 1 is 0.897 bits per heavy atom. The van der Waals surface area contributed by atoms with Crippen molar-refractivity contribution in [2.45, 2.75) is 46.0 Å². The maximum Gasteiger partial charge on any atom is 0.352 e. The van der Waals surface area contributed by atoms with Gasteiger partial charge in [0.2, 0.25) is 12.0 Å². The lowest BCUT2D eigenvalue weighted by atomic mass is 10.3. The Morgan fingerprint density at radius 3 is 1.86 bits per heavy atom. The van der Waals surface area contributed by atoms with Gasteiger partial charge in [0.1, 0.15) is 5.75 Å². The zero-order chi connectivity index (χ0) is 22.1. The molecule has 12 heteroatoms. The van der Waals surface area contributed by atoms with Crippen LogP contribution in [0.5, 0.6) is 5.75 Å². The summed E-state index contributed by atoms with van der Waals surface area (Å²) in [7, 11) is 0. The van der Waals surface area contributed by atoms with Crippen molar-refractivity contribution in [3.8, 4) is 5.75 Å². The number of esters is 3. The van der Waals surface area contributed by atoms with Crippen LogP contribution in [0.2, 0.25) is 0 Å². The van der Waals surface area contributed by atoms with E-state index < -0.39 is 41.3 Å². The van der Waals surface area contributed by atoms with Gasteiger partial charge in [-0.3, -0.25) is 9.63 Å². The molecule has 0 radical (unpaired) electrons. The molecule has 0 heterocycles. The molecule has 3 unspecified atom stereocenters. The predicted octanol–water partition coefficient (Wildman–Crippen LogP) is 1.01. The fraction of sp³-hybridized carbons (Fsp3) is 0.412. The number of ether oxygens (including phenoxy) is 3. The number of amides is 1. The molecule has 29 heavy (non-hydrogen) atoms. The highest BCUT2D eigenvalue weighted by Crippen LogP contribution is 2.16. The van der Waals surface area contributed by atoms with Crippen LogP contribution in [-0.2, 0) is 33.5 Å². The van der Waals surface area contributed by atoms with Crippen LogP contribution in [0.25, 0.3) is 0 Å². The number of nitrogens with one attached hydrogen (secondary N) is 1. The highest BCUT2D eigenvalue weighted by Gasteiger charge is 2.28. The second-order valence-electron chi connectivity index (χ2n) is 5.76. The standard InChI is InChI=1S/C17H20N2O10/c1-9(27-17(23)11(3)29-19(24)25)15(21)26-10(2)16(22)28-14-7-5-13(6-8-14)18-12(4)20/h5-11H,1-4H3,(H,18,20). The van der Waals surface area contributed by atoms with Gasteiger partial charge in [-0.2, -0.15) is 0 Å². The first-order chi connectivity index (χ1) is 13.5. The molecular formula is C17H20N2O10. The molecule has 1 rings (SSSR count). The highest BCUT2D eigenvalue weighted by atomic mass is 17.0. The lowest BCUT2D eigenvalue weighted by Gasteiger charge is -2.17. The summed E-state index contributed by atoms with van der Waals surface area (Å²) in [6.45, 7) is 4.83. The van der Waals surface area contributed by atoms with E-state index in [-0.39, 0.29) is 11.7 Å². The van der Waals surface area contributed by atoms with Crippen LogP contribution in [0.4, 0.5) is 5.69 Å². The van der Waals surface area contributed by atoms with E-state index in [0.717, 1.165) is 13.8 Å². The minimum atomic E-state index is -1.54. The van der Waals surface area contributed by atoms with Crippen molar-refractivity contribution in [3.05, 3.63) is 34.4 Å². The monoisotopic (exact) mass is 412 g/mol. The van der Waals surface area contributed by atoms with E-state index in [2.05, 4.69) is 14.9 Å². The minimum Gasteiger partial charge on any atom is -0.449 e. The van der Waals surface area contributed by atoms with Gasteiger partial charge in [-0.1, -0.05) is 0 Å². The summed E-state index contributed by atoms with van der Waals surface area (Å²) in [6.07, 6.45) is -4.30. The Balaban J connectivity index is 2.54. The van der Waals surface area contributed by atoms with E-state index in [1.54, 1.807) is 0 Å². The third-order valence-corrected chi connectivity index (χ3v) is 3.22. The van der Waals surface area contributed by atoms with Crippen molar-refractivity contribution >= 4 is 29.5 Å². The molecule has 0 saturated carbocycles. The molecule has 0 saturated heterocycles. The molecule has 1 amide bonds. The van der Waals surface area contributed by atoms with Crippen LogP contribution in [0, 0.1) is 10.1 Å². The number of rotatable bonds is 9. The van der Waals surface area contributed by atoms with E-state index in [4.69, 9.17) is 9.47 Å². The maximum atomic E-state index is 12.0. The quantitative estimate of drug-likeness (QED) is 0.268. The number of hydrogen-bond donors (Lipinski definition) is 1. The van der Waals surface area contributed by atoms with Gasteiger partial charge < -0.3 is 19.5 Å². The summed E-state index contributed by atoms with van der Waals surface area (Å²) in [5, 5.41) is 11.6. The van der Waals surface area contributed by atoms with Gasteiger partial charge in [0.25, 0.3) is 5.09 Å². The van der Waals surface area contributed by atoms with Gasteiger partial charge >= 0.3 is 17.9 Å². The van der Waals surface area contributed by atoms with Crippen molar-refractivity contribution < 1.29 is 43.3 Å². The summed E-state index contributed by atoms with van der Waals surface area (Å²) in [5.74, 6) is -3.21. The number of anilines is 1. The normalized spacial score (nSPS) is 13.2. The van der Waals surface area contributed by atoms with Gasteiger partial charge in [-0.15, -0.1) is 10.1 Å². The van der Waals surface area contributed by atoms with Gasteiger partial charge in [0.05, 0.1) is 0 Å². The van der Waals surface area contributed by atoms with Crippen LogP contribution in [0.3, 0.4) is 0 Å². The lowest BCUT2D eigenvalue weighted by Crippen LogP contribution is -2.36. The Bertz CT molecular complexity index is 777. The van der Waals surface area contributed by atoms with Crippen molar-refractivity contribution in [2.75, 3.05) is 5.32 Å². The molecular weight excluding hydrogens is 392 g/mol. The Hall–Kier alpha value is -3.70. The maximum absolute atomic E-state index is 12.0. The second-order valence-corrected chi connectivity index (χ2v) is 5.76. The van der Waals surface area contributed by atoms with E-state index in [0.29, 0.717) is 5.69 Å². The first-order valence-corrected chi connectivity index (χ1v) is 8.31. The van der Waals surface area contributed by atoms with Crippen LogP contribution < -0.4 is 10.1 Å². The third kappa shape index (κ3) is 8.24. The van der Waals surface area contributed by atoms with Crippen molar-refractivity contribution in [3.63, 3.8) is 0 Å². The zero-order valence-corrected chi connectivity index (χ0v) is 16.1. The number of hydrogen-bond acceptors (Lipinski definition) is 10. The average Bonchev–Trinajstić information content (AvgIpc) is 2.61. The predicted molar refractivity (Wildman–Crippen MR) is 95.0 cm³/mol. The number of benzene rings is 1. The summed E-state index contributed by atoms with van der Waals surface area (Å²) >= 11 is 0. The van der Waals surface area contributed by atoms with Gasteiger partial charge in [-0.25, -0.2) is 14.4 Å². The molecule has 1 aromatic rings. The van der Waals surface area contributed by atoms with Crippen LogP contribution >= 0.6 is 0 Å². The molecule has 0 fully saturated rings. The van der Waals surface area contributed by atoms with Crippen molar-refractivity contribution in [1.29, 1.82) is 0 Å². The summed E-state index contributed by atoms with van der Waals surface area (Å²) in [5.41, 5.74) is 0.503. The molecule has 3 atom stereocenters. The number of carbonyl (C=O) groups is 4. The molecule has 0 spiro atoms. The van der Waals surface area contributed by atoms with E-state index in [9.17, 15) is 29.3 Å². The first-order valence-electron chi connectivity index (χ1n) is 8.31. The zero-order valence-electron chi connectivity index (χ0n) is 16.1. The molecule has 0 aromatic heterocycles. The topological polar surface area (TPSA) is 160 Å². The molecule has 0 aliphatic heterocycles. The molecule has 12 nitrogen and oxygen atoms in total. The molecule has 1 N–H and O–H groups in total. The molecule has 0 bridgehead atoms. The Kier molecular flexibility index (Phi) is 8.52. The van der Waals surface area contributed by atoms with Crippen LogP contribution in [-0.4, -0.2) is 47.2 Å². The smallest absolute Gasteiger partial charge is 0.352 e. The number of nitrogens with zero attached hydrogens (tertiary/aromatic N) is 1. The van der Waals surface area contributed by atoms with Crippen molar-refractivity contribution in [1.82, 2.24) is 0 Å². The number of carbonyl (C=O) groups excluding carboxylic acids is 4. The summed E-state index contributed by atoms with van der Waals surface area (Å²) in [4.78, 5) is 60.7. The fourth-order valence-electron chi connectivity index (χ4n) is 1.82. The Labute approximate surface area is 165 Å². The molecule has 1 aromatic carbocycles. The van der Waals surface area contributed by atoms with Crippen LogP contribution in [0.15, 0.2) is 24.3 Å². The highest BCUT2D eigenvalue weighted by molar-refractivity contribution is 5.88. The van der Waals surface area contributed by atoms with Gasteiger partial charge in [0.15, 0.2) is 12.2 Å². The van der Waals surface area contributed by atoms with E-state index in [1.165, 1.54) is 38.1 Å². The largest absolute Gasteiger partial charge is 0.449 e. The van der Waals surface area contributed by atoms with E-state index in [1.807, 2.05) is 0 Å². The molecule has 0 aliphatic rings. The molecule has 0 aliphatic carbocycles. The average molecular weight is 412 g/mol. The summed E-state index contributed by atoms with van der Waals surface area (Å²) in [6, 6.07) is 5.88. The van der Waals surface area contributed by atoms with Gasteiger partial charge in [-0.05, 0) is 45.0 Å². The lowest BCUT2D eigenvalue weighted by molar-refractivity contribution is -0.764. The third-order valence-electron chi connectivity index (χ3n) is 3.22. The first kappa shape index (κ1) is 23.3. The Morgan fingerprint density at radius 2 is 1.38 bits per heavy atom. The second kappa shape index (κ2) is 10.6. The van der Waals surface area contributed by atoms with Crippen LogP contribution in [0.1, 0.15) is 27.7 Å². The van der Waals surface area contributed by atoms with E-state index >= 15 is 0 Å².